The fourth-order valence-corrected chi connectivity index (χ4v) is 2.97. The van der Waals surface area contributed by atoms with Crippen LogP contribution in [-0.2, 0) is 15.8 Å². The molecule has 140 valence electrons. The first kappa shape index (κ1) is 18.8. The van der Waals surface area contributed by atoms with E-state index in [1.165, 1.54) is 0 Å². The smallest absolute Gasteiger partial charge is 0.326 e. The molecule has 1 aromatic heterocycles. The van der Waals surface area contributed by atoms with E-state index in [1.54, 1.807) is 12.1 Å². The summed E-state index contributed by atoms with van der Waals surface area (Å²) in [6.45, 7) is 0. The summed E-state index contributed by atoms with van der Waals surface area (Å²) in [7, 11) is 0. The highest BCUT2D eigenvalue weighted by molar-refractivity contribution is 7.15. The number of nitrogens with zero attached hydrogens (tertiary/aromatic N) is 2. The van der Waals surface area contributed by atoms with E-state index in [2.05, 4.69) is 20.8 Å². The molecule has 2 amide bonds. The van der Waals surface area contributed by atoms with Gasteiger partial charge < -0.3 is 10.6 Å². The van der Waals surface area contributed by atoms with Gasteiger partial charge in [-0.2, -0.15) is 13.2 Å². The molecule has 0 bridgehead atoms. The van der Waals surface area contributed by atoms with Crippen LogP contribution >= 0.6 is 11.3 Å². The number of nitrogens with one attached hydrogen (secondary N) is 2. The molecule has 0 aliphatic carbocycles. The van der Waals surface area contributed by atoms with Gasteiger partial charge in [0.1, 0.15) is 0 Å². The summed E-state index contributed by atoms with van der Waals surface area (Å²) in [5.41, 5.74) is 0.623. The highest BCUT2D eigenvalue weighted by atomic mass is 32.1. The minimum Gasteiger partial charge on any atom is -0.326 e. The quantitative estimate of drug-likeness (QED) is 0.683. The third-order valence-electron chi connectivity index (χ3n) is 3.56. The van der Waals surface area contributed by atoms with E-state index in [4.69, 9.17) is 0 Å². The van der Waals surface area contributed by atoms with Crippen molar-refractivity contribution in [3.63, 3.8) is 0 Å². The van der Waals surface area contributed by atoms with Crippen LogP contribution in [0, 0.1) is 0 Å². The predicted octanol–water partition coefficient (Wildman–Crippen LogP) is 4.07. The monoisotopic (exact) mass is 394 g/mol. The van der Waals surface area contributed by atoms with E-state index in [1.807, 2.05) is 30.3 Å². The Morgan fingerprint density at radius 3 is 2.30 bits per heavy atom. The molecule has 0 aliphatic heterocycles. The molecule has 0 fully saturated rings. The molecular formula is C17H13F3N4O2S. The second-order valence-electron chi connectivity index (χ2n) is 5.53. The third-order valence-corrected chi connectivity index (χ3v) is 4.44. The molecule has 0 radical (unpaired) electrons. The Morgan fingerprint density at radius 1 is 0.926 bits per heavy atom. The van der Waals surface area contributed by atoms with Gasteiger partial charge >= 0.3 is 6.18 Å². The molecule has 0 atom stereocenters. The number of alkyl halides is 3. The average molecular weight is 394 g/mol. The summed E-state index contributed by atoms with van der Waals surface area (Å²) < 4.78 is 37.4. The van der Waals surface area contributed by atoms with Crippen molar-refractivity contribution in [2.24, 2.45) is 0 Å². The van der Waals surface area contributed by atoms with Crippen LogP contribution in [0.25, 0.3) is 10.8 Å². The molecule has 0 saturated heterocycles. The maximum absolute atomic E-state index is 12.5. The van der Waals surface area contributed by atoms with Crippen molar-refractivity contribution in [3.8, 4) is 0 Å². The first-order valence-corrected chi connectivity index (χ1v) is 8.63. The van der Waals surface area contributed by atoms with Gasteiger partial charge in [-0.15, -0.1) is 10.2 Å². The fraction of sp³-hybridized carbons (Fsp3) is 0.176. The van der Waals surface area contributed by atoms with Crippen LogP contribution in [-0.4, -0.2) is 22.0 Å². The molecular weight excluding hydrogens is 381 g/mol. The first-order valence-electron chi connectivity index (χ1n) is 7.81. The number of fused-ring (bicyclic) bond motifs is 1. The van der Waals surface area contributed by atoms with E-state index in [0.29, 0.717) is 5.69 Å². The lowest BCUT2D eigenvalue weighted by Gasteiger charge is -2.08. The van der Waals surface area contributed by atoms with Crippen molar-refractivity contribution >= 4 is 44.7 Å². The summed E-state index contributed by atoms with van der Waals surface area (Å²) >= 11 is 0.227. The highest BCUT2D eigenvalue weighted by Crippen LogP contribution is 2.33. The molecule has 3 aromatic rings. The largest absolute Gasteiger partial charge is 0.445 e. The van der Waals surface area contributed by atoms with Crippen LogP contribution < -0.4 is 10.6 Å². The van der Waals surface area contributed by atoms with E-state index in [-0.39, 0.29) is 35.2 Å². The van der Waals surface area contributed by atoms with E-state index in [0.717, 1.165) is 10.8 Å². The fourth-order valence-electron chi connectivity index (χ4n) is 2.34. The molecule has 6 nitrogen and oxygen atoms in total. The Morgan fingerprint density at radius 2 is 1.59 bits per heavy atom. The SMILES string of the molecule is O=C(CCC(=O)Nc1cccc2ccccc12)Nc1nnc(C(F)(F)F)s1. The maximum Gasteiger partial charge on any atom is 0.445 e. The van der Waals surface area contributed by atoms with Crippen LogP contribution in [0.3, 0.4) is 0 Å². The third kappa shape index (κ3) is 4.79. The Hall–Kier alpha value is -3.01. The van der Waals surface area contributed by atoms with Gasteiger partial charge in [0.15, 0.2) is 0 Å². The van der Waals surface area contributed by atoms with Gasteiger partial charge in [-0.3, -0.25) is 9.59 Å². The molecule has 0 unspecified atom stereocenters. The summed E-state index contributed by atoms with van der Waals surface area (Å²) in [6.07, 6.45) is -4.93. The maximum atomic E-state index is 12.5. The van der Waals surface area contributed by atoms with E-state index < -0.39 is 17.1 Å². The normalized spacial score (nSPS) is 11.4. The lowest BCUT2D eigenvalue weighted by atomic mass is 10.1. The summed E-state index contributed by atoms with van der Waals surface area (Å²) in [4.78, 5) is 23.9. The second-order valence-corrected chi connectivity index (χ2v) is 6.51. The number of benzene rings is 2. The minimum absolute atomic E-state index is 0.125. The molecule has 0 aliphatic rings. The zero-order valence-electron chi connectivity index (χ0n) is 13.7. The molecule has 2 aromatic carbocycles. The van der Waals surface area contributed by atoms with Gasteiger partial charge in [-0.1, -0.05) is 47.7 Å². The standard InChI is InChI=1S/C17H13F3N4O2S/c18-17(19,20)15-23-24-16(27-15)22-14(26)9-8-13(25)21-12-7-3-5-10-4-1-2-6-11(10)12/h1-7H,8-9H2,(H,21,25)(H,22,24,26). The van der Waals surface area contributed by atoms with Crippen molar-refractivity contribution in [3.05, 3.63) is 47.5 Å². The lowest BCUT2D eigenvalue weighted by Crippen LogP contribution is -2.17. The van der Waals surface area contributed by atoms with Gasteiger partial charge in [-0.25, -0.2) is 0 Å². The molecule has 27 heavy (non-hydrogen) atoms. The van der Waals surface area contributed by atoms with Crippen LogP contribution in [0.4, 0.5) is 24.0 Å². The second kappa shape index (κ2) is 7.70. The number of carbonyl (C=O) groups is 2. The molecule has 1 heterocycles. The predicted molar refractivity (Wildman–Crippen MR) is 95.4 cm³/mol. The van der Waals surface area contributed by atoms with Crippen LogP contribution in [0.5, 0.6) is 0 Å². The Balaban J connectivity index is 1.54. The zero-order valence-corrected chi connectivity index (χ0v) is 14.5. The zero-order chi connectivity index (χ0) is 19.4. The highest BCUT2D eigenvalue weighted by Gasteiger charge is 2.35. The number of hydrogen-bond donors (Lipinski definition) is 2. The molecule has 3 rings (SSSR count). The minimum atomic E-state index is -4.61. The van der Waals surface area contributed by atoms with Crippen LogP contribution in [0.2, 0.25) is 0 Å². The van der Waals surface area contributed by atoms with Crippen molar-refractivity contribution < 1.29 is 22.8 Å². The number of carbonyl (C=O) groups excluding carboxylic acids is 2. The molecule has 0 spiro atoms. The number of aromatic nitrogens is 2. The van der Waals surface area contributed by atoms with Crippen LogP contribution in [0.1, 0.15) is 17.8 Å². The molecule has 2 N–H and O–H groups in total. The number of halogens is 3. The van der Waals surface area contributed by atoms with Crippen molar-refractivity contribution in [1.82, 2.24) is 10.2 Å². The van der Waals surface area contributed by atoms with Crippen LogP contribution in [0.15, 0.2) is 42.5 Å². The van der Waals surface area contributed by atoms with Gasteiger partial charge in [0.25, 0.3) is 0 Å². The summed E-state index contributed by atoms with van der Waals surface area (Å²) in [6, 6.07) is 13.0. The summed E-state index contributed by atoms with van der Waals surface area (Å²) in [5.74, 6) is -0.998. The van der Waals surface area contributed by atoms with Crippen molar-refractivity contribution in [2.75, 3.05) is 10.6 Å². The van der Waals surface area contributed by atoms with Gasteiger partial charge in [0, 0.05) is 23.9 Å². The van der Waals surface area contributed by atoms with Crippen molar-refractivity contribution in [1.29, 1.82) is 0 Å². The Bertz CT molecular complexity index is 982. The van der Waals surface area contributed by atoms with Crippen molar-refractivity contribution in [2.45, 2.75) is 19.0 Å². The Labute approximate surface area is 155 Å². The van der Waals surface area contributed by atoms with Gasteiger partial charge in [0.05, 0.1) is 0 Å². The number of rotatable bonds is 5. The topological polar surface area (TPSA) is 84.0 Å². The van der Waals surface area contributed by atoms with Gasteiger partial charge in [0.2, 0.25) is 22.0 Å². The number of hydrogen-bond acceptors (Lipinski definition) is 5. The van der Waals surface area contributed by atoms with E-state index >= 15 is 0 Å². The lowest BCUT2D eigenvalue weighted by molar-refractivity contribution is -0.138. The van der Waals surface area contributed by atoms with E-state index in [9.17, 15) is 22.8 Å². The number of anilines is 2. The Kier molecular flexibility index (Phi) is 5.36. The first-order chi connectivity index (χ1) is 12.8. The molecule has 0 saturated carbocycles. The number of amides is 2. The molecule has 10 heteroatoms. The summed E-state index contributed by atoms with van der Waals surface area (Å²) in [5, 5.41) is 11.6. The van der Waals surface area contributed by atoms with Gasteiger partial charge in [-0.05, 0) is 11.5 Å². The average Bonchev–Trinajstić information content (AvgIpc) is 3.09.